The van der Waals surface area contributed by atoms with Gasteiger partial charge < -0.3 is 5.73 Å². The molecule has 0 aromatic heterocycles. The molecule has 0 spiro atoms. The van der Waals surface area contributed by atoms with Gasteiger partial charge in [-0.2, -0.15) is 0 Å². The average molecular weight is 254 g/mol. The van der Waals surface area contributed by atoms with E-state index in [-0.39, 0.29) is 18.4 Å². The molecule has 0 aromatic rings. The predicted octanol–water partition coefficient (Wildman–Crippen LogP) is 1.72. The molecule has 2 N–H and O–H groups in total. The molecular weight excluding hydrogens is 228 g/mol. The highest BCUT2D eigenvalue weighted by atomic mass is 16.1. The number of ketones is 1. The van der Waals surface area contributed by atoms with E-state index >= 15 is 0 Å². The van der Waals surface area contributed by atoms with Crippen LogP contribution in [-0.4, -0.2) is 36.2 Å². The summed E-state index contributed by atoms with van der Waals surface area (Å²) in [6, 6.07) is 0. The summed E-state index contributed by atoms with van der Waals surface area (Å²) in [5.41, 5.74) is 5.23. The van der Waals surface area contributed by atoms with Crippen LogP contribution in [0.5, 0.6) is 0 Å². The Labute approximate surface area is 110 Å². The van der Waals surface area contributed by atoms with E-state index in [1.165, 1.54) is 19.3 Å². The number of primary amides is 1. The van der Waals surface area contributed by atoms with Crippen LogP contribution in [0.3, 0.4) is 0 Å². The predicted molar refractivity (Wildman–Crippen MR) is 72.1 cm³/mol. The molecule has 0 bridgehead atoms. The molecule has 1 aliphatic rings. The summed E-state index contributed by atoms with van der Waals surface area (Å²) in [5, 5.41) is 0. The number of hydrogen-bond donors (Lipinski definition) is 1. The molecule has 1 rings (SSSR count). The molecule has 0 atom stereocenters. The van der Waals surface area contributed by atoms with Gasteiger partial charge in [0.25, 0.3) is 0 Å². The Hall–Kier alpha value is -0.900. The number of Topliss-reactive ketones (excluding diaryl/α,β-unsaturated/α-hetero) is 1. The van der Waals surface area contributed by atoms with Crippen molar-refractivity contribution in [1.82, 2.24) is 4.90 Å². The van der Waals surface area contributed by atoms with Gasteiger partial charge >= 0.3 is 0 Å². The molecule has 18 heavy (non-hydrogen) atoms. The van der Waals surface area contributed by atoms with E-state index in [9.17, 15) is 9.59 Å². The number of unbranched alkanes of at least 4 members (excludes halogenated alkanes) is 1. The third-order valence-corrected chi connectivity index (χ3v) is 3.65. The van der Waals surface area contributed by atoms with Crippen LogP contribution in [-0.2, 0) is 9.59 Å². The zero-order chi connectivity index (χ0) is 13.4. The normalized spacial score (nSPS) is 17.0. The molecule has 1 saturated carbocycles. The Morgan fingerprint density at radius 3 is 2.39 bits per heavy atom. The molecular formula is C14H26N2O2. The molecule has 1 aliphatic carbocycles. The number of nitrogens with two attached hydrogens (primary N) is 1. The summed E-state index contributed by atoms with van der Waals surface area (Å²) < 4.78 is 0. The van der Waals surface area contributed by atoms with Crippen LogP contribution in [0.2, 0.25) is 0 Å². The summed E-state index contributed by atoms with van der Waals surface area (Å²) in [5.74, 6) is 0.172. The van der Waals surface area contributed by atoms with Gasteiger partial charge in [-0.3, -0.25) is 14.5 Å². The molecule has 1 amide bonds. The SMILES string of the molecule is CCCCN(CC(N)=O)CC(=O)C1CCCCC1. The first-order valence-electron chi connectivity index (χ1n) is 7.16. The number of hydrogen-bond acceptors (Lipinski definition) is 3. The van der Waals surface area contributed by atoms with E-state index in [0.29, 0.717) is 12.3 Å². The fourth-order valence-electron chi connectivity index (χ4n) is 2.59. The van der Waals surface area contributed by atoms with Gasteiger partial charge in [-0.15, -0.1) is 0 Å². The first-order chi connectivity index (χ1) is 8.63. The van der Waals surface area contributed by atoms with Crippen LogP contribution >= 0.6 is 0 Å². The van der Waals surface area contributed by atoms with Crippen molar-refractivity contribution in [2.75, 3.05) is 19.6 Å². The maximum Gasteiger partial charge on any atom is 0.231 e. The summed E-state index contributed by atoms with van der Waals surface area (Å²) in [4.78, 5) is 25.1. The minimum absolute atomic E-state index is 0.207. The third-order valence-electron chi connectivity index (χ3n) is 3.65. The summed E-state index contributed by atoms with van der Waals surface area (Å²) in [7, 11) is 0. The smallest absolute Gasteiger partial charge is 0.231 e. The topological polar surface area (TPSA) is 63.4 Å². The molecule has 4 nitrogen and oxygen atoms in total. The first kappa shape index (κ1) is 15.2. The van der Waals surface area contributed by atoms with Gasteiger partial charge in [0.05, 0.1) is 13.1 Å². The molecule has 0 aromatic carbocycles. The average Bonchev–Trinajstić information content (AvgIpc) is 2.36. The third kappa shape index (κ3) is 5.63. The highest BCUT2D eigenvalue weighted by Crippen LogP contribution is 2.24. The van der Waals surface area contributed by atoms with Crippen molar-refractivity contribution in [3.63, 3.8) is 0 Å². The van der Waals surface area contributed by atoms with Gasteiger partial charge in [0.15, 0.2) is 0 Å². The Kier molecular flexibility index (Phi) is 6.94. The first-order valence-corrected chi connectivity index (χ1v) is 7.16. The lowest BCUT2D eigenvalue weighted by Gasteiger charge is -2.25. The number of rotatable bonds is 8. The van der Waals surface area contributed by atoms with Crippen molar-refractivity contribution in [1.29, 1.82) is 0 Å². The van der Waals surface area contributed by atoms with E-state index in [4.69, 9.17) is 5.73 Å². The minimum atomic E-state index is -0.345. The van der Waals surface area contributed by atoms with Crippen molar-refractivity contribution >= 4 is 11.7 Å². The van der Waals surface area contributed by atoms with Gasteiger partial charge in [-0.05, 0) is 25.8 Å². The van der Waals surface area contributed by atoms with E-state index in [0.717, 1.165) is 32.2 Å². The largest absolute Gasteiger partial charge is 0.369 e. The molecule has 1 fully saturated rings. The van der Waals surface area contributed by atoms with Crippen molar-refractivity contribution in [3.05, 3.63) is 0 Å². The summed E-state index contributed by atoms with van der Waals surface area (Å²) in [6.45, 7) is 3.50. The molecule has 104 valence electrons. The van der Waals surface area contributed by atoms with Crippen molar-refractivity contribution in [2.24, 2.45) is 11.7 Å². The Morgan fingerprint density at radius 2 is 1.83 bits per heavy atom. The van der Waals surface area contributed by atoms with Crippen molar-refractivity contribution in [2.45, 2.75) is 51.9 Å². The minimum Gasteiger partial charge on any atom is -0.369 e. The van der Waals surface area contributed by atoms with Crippen LogP contribution in [0.25, 0.3) is 0 Å². The molecule has 4 heteroatoms. The Morgan fingerprint density at radius 1 is 1.17 bits per heavy atom. The lowest BCUT2D eigenvalue weighted by Crippen LogP contribution is -2.40. The van der Waals surface area contributed by atoms with Gasteiger partial charge in [0.2, 0.25) is 5.91 Å². The lowest BCUT2D eigenvalue weighted by atomic mass is 9.86. The molecule has 0 aliphatic heterocycles. The fraction of sp³-hybridized carbons (Fsp3) is 0.857. The molecule has 0 heterocycles. The van der Waals surface area contributed by atoms with E-state index in [1.54, 1.807) is 0 Å². The Balaban J connectivity index is 2.41. The second-order valence-electron chi connectivity index (χ2n) is 5.33. The number of carbonyl (C=O) groups is 2. The van der Waals surface area contributed by atoms with E-state index in [1.807, 2.05) is 4.90 Å². The number of nitrogens with zero attached hydrogens (tertiary/aromatic N) is 1. The van der Waals surface area contributed by atoms with Gasteiger partial charge in [0, 0.05) is 5.92 Å². The van der Waals surface area contributed by atoms with Crippen LogP contribution in [0.4, 0.5) is 0 Å². The molecule has 0 unspecified atom stereocenters. The fourth-order valence-corrected chi connectivity index (χ4v) is 2.59. The van der Waals surface area contributed by atoms with Crippen molar-refractivity contribution < 1.29 is 9.59 Å². The Bertz CT molecular complexity index is 273. The maximum absolute atomic E-state index is 12.2. The highest BCUT2D eigenvalue weighted by Gasteiger charge is 2.23. The number of carbonyl (C=O) groups excluding carboxylic acids is 2. The zero-order valence-electron chi connectivity index (χ0n) is 11.5. The van der Waals surface area contributed by atoms with Crippen LogP contribution in [0.15, 0.2) is 0 Å². The standard InChI is InChI=1S/C14H26N2O2/c1-2-3-9-16(11-14(15)18)10-13(17)12-7-5-4-6-8-12/h12H,2-11H2,1H3,(H2,15,18). The van der Waals surface area contributed by atoms with Crippen LogP contribution in [0.1, 0.15) is 51.9 Å². The number of amides is 1. The van der Waals surface area contributed by atoms with Crippen LogP contribution < -0.4 is 5.73 Å². The molecule has 0 radical (unpaired) electrons. The maximum atomic E-state index is 12.2. The monoisotopic (exact) mass is 254 g/mol. The zero-order valence-corrected chi connectivity index (χ0v) is 11.5. The van der Waals surface area contributed by atoms with Crippen molar-refractivity contribution in [3.8, 4) is 0 Å². The summed E-state index contributed by atoms with van der Waals surface area (Å²) in [6.07, 6.45) is 7.71. The summed E-state index contributed by atoms with van der Waals surface area (Å²) >= 11 is 0. The second-order valence-corrected chi connectivity index (χ2v) is 5.33. The van der Waals surface area contributed by atoms with E-state index < -0.39 is 0 Å². The van der Waals surface area contributed by atoms with Gasteiger partial charge in [0.1, 0.15) is 5.78 Å². The quantitative estimate of drug-likeness (QED) is 0.717. The van der Waals surface area contributed by atoms with Crippen LogP contribution in [0, 0.1) is 5.92 Å². The van der Waals surface area contributed by atoms with Gasteiger partial charge in [-0.25, -0.2) is 0 Å². The van der Waals surface area contributed by atoms with E-state index in [2.05, 4.69) is 6.92 Å². The highest BCUT2D eigenvalue weighted by molar-refractivity contribution is 5.84. The van der Waals surface area contributed by atoms with Gasteiger partial charge in [-0.1, -0.05) is 32.6 Å². The molecule has 0 saturated heterocycles. The second kappa shape index (κ2) is 8.25. The lowest BCUT2D eigenvalue weighted by molar-refractivity contribution is -0.126.